The Balaban J connectivity index is 1.62. The highest BCUT2D eigenvalue weighted by molar-refractivity contribution is 5.21. The average Bonchev–Trinajstić information content (AvgIpc) is 3.00. The Hall–Kier alpha value is -1.92. The molecule has 3 rings (SSSR count). The van der Waals surface area contributed by atoms with Gasteiger partial charge in [-0.25, -0.2) is 0 Å². The van der Waals surface area contributed by atoms with Crippen molar-refractivity contribution in [3.05, 3.63) is 42.0 Å². The van der Waals surface area contributed by atoms with E-state index in [1.165, 1.54) is 11.1 Å². The van der Waals surface area contributed by atoms with Gasteiger partial charge in [-0.15, -0.1) is 0 Å². The fourth-order valence-electron chi connectivity index (χ4n) is 2.63. The van der Waals surface area contributed by atoms with Crippen LogP contribution in [0.3, 0.4) is 0 Å². The van der Waals surface area contributed by atoms with E-state index in [-0.39, 0.29) is 6.10 Å². The van der Waals surface area contributed by atoms with Crippen LogP contribution in [-0.4, -0.2) is 50.1 Å². The van der Waals surface area contributed by atoms with Crippen molar-refractivity contribution in [3.8, 4) is 5.75 Å². The predicted octanol–water partition coefficient (Wildman–Crippen LogP) is 0.748. The van der Waals surface area contributed by atoms with Crippen LogP contribution in [0.4, 0.5) is 0 Å². The molecule has 2 atom stereocenters. The lowest BCUT2D eigenvalue weighted by Crippen LogP contribution is -2.29. The van der Waals surface area contributed by atoms with Crippen molar-refractivity contribution >= 4 is 0 Å². The molecule has 1 saturated heterocycles. The first-order valence-electron chi connectivity index (χ1n) is 7.07. The van der Waals surface area contributed by atoms with E-state index in [2.05, 4.69) is 21.9 Å². The van der Waals surface area contributed by atoms with Crippen molar-refractivity contribution in [3.63, 3.8) is 0 Å². The highest BCUT2D eigenvalue weighted by Crippen LogP contribution is 2.20. The van der Waals surface area contributed by atoms with Gasteiger partial charge in [-0.1, -0.05) is 0 Å². The summed E-state index contributed by atoms with van der Waals surface area (Å²) < 4.78 is 7.51. The van der Waals surface area contributed by atoms with Crippen LogP contribution in [0.2, 0.25) is 0 Å². The van der Waals surface area contributed by atoms with Crippen LogP contribution in [0.25, 0.3) is 0 Å². The second-order valence-corrected chi connectivity index (χ2v) is 5.57. The minimum atomic E-state index is -0.479. The van der Waals surface area contributed by atoms with Gasteiger partial charge in [0.1, 0.15) is 12.2 Å². The topological polar surface area (TPSA) is 63.4 Å². The maximum atomic E-state index is 10.2. The molecule has 21 heavy (non-hydrogen) atoms. The summed E-state index contributed by atoms with van der Waals surface area (Å²) in [5.41, 5.74) is 2.41. The van der Waals surface area contributed by atoms with Crippen molar-refractivity contribution in [2.24, 2.45) is 7.05 Å². The van der Waals surface area contributed by atoms with Crippen LogP contribution in [-0.2, 0) is 13.6 Å². The van der Waals surface area contributed by atoms with Gasteiger partial charge in [0.05, 0.1) is 12.4 Å². The van der Waals surface area contributed by atoms with Gasteiger partial charge in [0, 0.05) is 39.1 Å². The van der Waals surface area contributed by atoms with Gasteiger partial charge in [0.15, 0.2) is 5.75 Å². The second kappa shape index (κ2) is 5.83. The zero-order valence-corrected chi connectivity index (χ0v) is 12.3. The van der Waals surface area contributed by atoms with Gasteiger partial charge in [-0.3, -0.25) is 14.6 Å². The number of rotatable bonds is 4. The van der Waals surface area contributed by atoms with Gasteiger partial charge in [0.2, 0.25) is 0 Å². The Morgan fingerprint density at radius 1 is 1.38 bits per heavy atom. The molecule has 0 aliphatic carbocycles. The number of likely N-dealkylation sites (tertiary alicyclic amines) is 1. The highest BCUT2D eigenvalue weighted by Gasteiger charge is 2.33. The Bertz CT molecular complexity index is 613. The normalized spacial score (nSPS) is 22.6. The quantitative estimate of drug-likeness (QED) is 0.899. The molecule has 2 aromatic rings. The van der Waals surface area contributed by atoms with Crippen LogP contribution in [0, 0.1) is 6.92 Å². The van der Waals surface area contributed by atoms with E-state index in [9.17, 15) is 5.11 Å². The Morgan fingerprint density at radius 3 is 2.95 bits per heavy atom. The first-order valence-corrected chi connectivity index (χ1v) is 7.07. The summed E-state index contributed by atoms with van der Waals surface area (Å²) in [5.74, 6) is 0.698. The first-order chi connectivity index (χ1) is 10.1. The molecule has 0 bridgehead atoms. The van der Waals surface area contributed by atoms with Gasteiger partial charge in [-0.05, 0) is 24.1 Å². The molecule has 0 unspecified atom stereocenters. The number of aliphatic hydroxyl groups excluding tert-OH is 1. The second-order valence-electron chi connectivity index (χ2n) is 5.57. The maximum absolute atomic E-state index is 10.2. The van der Waals surface area contributed by atoms with E-state index < -0.39 is 6.10 Å². The van der Waals surface area contributed by atoms with Crippen molar-refractivity contribution in [2.75, 3.05) is 13.1 Å². The van der Waals surface area contributed by atoms with Gasteiger partial charge < -0.3 is 9.84 Å². The molecular formula is C15H20N4O2. The fourth-order valence-corrected chi connectivity index (χ4v) is 2.63. The van der Waals surface area contributed by atoms with Crippen molar-refractivity contribution in [1.82, 2.24) is 19.7 Å². The first kappa shape index (κ1) is 14.0. The summed E-state index contributed by atoms with van der Waals surface area (Å²) in [5, 5.41) is 14.2. The van der Waals surface area contributed by atoms with Crippen molar-refractivity contribution in [2.45, 2.75) is 25.7 Å². The number of aromatic nitrogens is 3. The lowest BCUT2D eigenvalue weighted by atomic mass is 10.1. The number of hydrogen-bond donors (Lipinski definition) is 1. The molecule has 0 spiro atoms. The number of ether oxygens (including phenoxy) is 1. The van der Waals surface area contributed by atoms with Gasteiger partial charge >= 0.3 is 0 Å². The third-order valence-electron chi connectivity index (χ3n) is 3.81. The fraction of sp³-hybridized carbons (Fsp3) is 0.467. The summed E-state index contributed by atoms with van der Waals surface area (Å²) in [6.45, 7) is 4.18. The number of nitrogens with zero attached hydrogens (tertiary/aromatic N) is 4. The van der Waals surface area contributed by atoms with Crippen molar-refractivity contribution in [1.29, 1.82) is 0 Å². The molecule has 0 amide bonds. The van der Waals surface area contributed by atoms with Crippen LogP contribution >= 0.6 is 0 Å². The van der Waals surface area contributed by atoms with Crippen LogP contribution in [0.1, 0.15) is 11.1 Å². The third kappa shape index (κ3) is 3.22. The summed E-state index contributed by atoms with van der Waals surface area (Å²) in [6, 6.07) is 2.02. The highest BCUT2D eigenvalue weighted by atomic mass is 16.5. The number of hydrogen-bond acceptors (Lipinski definition) is 5. The molecule has 0 aromatic carbocycles. The predicted molar refractivity (Wildman–Crippen MR) is 77.9 cm³/mol. The van der Waals surface area contributed by atoms with E-state index in [1.807, 2.05) is 25.5 Å². The van der Waals surface area contributed by atoms with Crippen molar-refractivity contribution < 1.29 is 9.84 Å². The van der Waals surface area contributed by atoms with E-state index in [4.69, 9.17) is 4.74 Å². The smallest absolute Gasteiger partial charge is 0.157 e. The summed E-state index contributed by atoms with van der Waals surface area (Å²) >= 11 is 0. The number of β-amino-alcohol motifs (C(OH)–C–C–N with tert-alkyl or cyclic N) is 1. The number of aliphatic hydroxyl groups is 1. The zero-order chi connectivity index (χ0) is 14.8. The molecule has 1 N–H and O–H groups in total. The van der Waals surface area contributed by atoms with Gasteiger partial charge in [-0.2, -0.15) is 5.10 Å². The molecule has 2 aromatic heterocycles. The third-order valence-corrected chi connectivity index (χ3v) is 3.81. The van der Waals surface area contributed by atoms with E-state index in [1.54, 1.807) is 17.1 Å². The summed E-state index contributed by atoms with van der Waals surface area (Å²) in [6.07, 6.45) is 6.46. The summed E-state index contributed by atoms with van der Waals surface area (Å²) in [4.78, 5) is 6.31. The summed E-state index contributed by atoms with van der Waals surface area (Å²) in [7, 11) is 1.84. The Labute approximate surface area is 124 Å². The van der Waals surface area contributed by atoms with E-state index in [0.717, 1.165) is 6.54 Å². The van der Waals surface area contributed by atoms with E-state index >= 15 is 0 Å². The molecule has 0 radical (unpaired) electrons. The molecule has 6 nitrogen and oxygen atoms in total. The van der Waals surface area contributed by atoms with Gasteiger partial charge in [0.25, 0.3) is 0 Å². The molecule has 1 aliphatic heterocycles. The Morgan fingerprint density at radius 2 is 2.24 bits per heavy atom. The maximum Gasteiger partial charge on any atom is 0.157 e. The molecule has 6 heteroatoms. The molecule has 112 valence electrons. The molecule has 1 aliphatic rings. The monoisotopic (exact) mass is 288 g/mol. The average molecular weight is 288 g/mol. The van der Waals surface area contributed by atoms with Crippen LogP contribution < -0.4 is 4.74 Å². The lowest BCUT2D eigenvalue weighted by Gasteiger charge is -2.17. The standard InChI is InChI=1S/C15H20N4O2/c1-11-5-16-4-3-12(11)7-19-9-14(20)15(10-19)21-13-6-17-18(2)8-13/h3-6,8,14-15,20H,7,9-10H2,1-2H3/t14-,15-/m1/s1. The largest absolute Gasteiger partial charge is 0.483 e. The van der Waals surface area contributed by atoms with E-state index in [0.29, 0.717) is 18.8 Å². The molecule has 3 heterocycles. The minimum Gasteiger partial charge on any atom is -0.483 e. The molecule has 1 fully saturated rings. The Kier molecular flexibility index (Phi) is 3.90. The number of aryl methyl sites for hydroxylation is 2. The van der Waals surface area contributed by atoms with Crippen LogP contribution in [0.5, 0.6) is 5.75 Å². The number of pyridine rings is 1. The molecular weight excluding hydrogens is 268 g/mol. The van der Waals surface area contributed by atoms with Crippen LogP contribution in [0.15, 0.2) is 30.9 Å². The SMILES string of the molecule is Cc1cnccc1CN1C[C@@H](O)[C@H](Oc2cnn(C)c2)C1. The minimum absolute atomic E-state index is 0.212. The zero-order valence-electron chi connectivity index (χ0n) is 12.3. The lowest BCUT2D eigenvalue weighted by molar-refractivity contribution is 0.0736. The molecule has 0 saturated carbocycles.